The van der Waals surface area contributed by atoms with Crippen LogP contribution in [0, 0.1) is 0 Å². The lowest BCUT2D eigenvalue weighted by Crippen LogP contribution is -2.62. The molecule has 0 aromatic carbocycles. The molecule has 0 aliphatic heterocycles. The number of nitrogens with zero attached hydrogens (tertiary/aromatic N) is 1. The van der Waals surface area contributed by atoms with Crippen molar-refractivity contribution < 1.29 is 33.1 Å². The molecule has 1 aromatic rings. The predicted octanol–water partition coefficient (Wildman–Crippen LogP) is 0.106. The molecule has 27 heavy (non-hydrogen) atoms. The van der Waals surface area contributed by atoms with Crippen LogP contribution in [0.5, 0.6) is 0 Å². The van der Waals surface area contributed by atoms with Gasteiger partial charge in [0.1, 0.15) is 5.76 Å². The van der Waals surface area contributed by atoms with Crippen LogP contribution in [0.2, 0.25) is 0 Å². The Bertz CT molecular complexity index is 753. The molecule has 0 saturated carbocycles. The molecule has 1 heterocycles. The molecular formula is C17H26N2O8. The van der Waals surface area contributed by atoms with Crippen LogP contribution in [-0.2, 0) is 47.2 Å². The Balaban J connectivity index is 3.70. The van der Waals surface area contributed by atoms with Gasteiger partial charge in [0, 0.05) is 25.9 Å². The average Bonchev–Trinajstić information content (AvgIpc) is 2.89. The molecule has 1 amide bonds. The number of rotatable bonds is 7. The molecule has 10 nitrogen and oxygen atoms in total. The molecule has 0 aliphatic carbocycles. The Labute approximate surface area is 156 Å². The third kappa shape index (κ3) is 4.57. The molecule has 0 saturated heterocycles. The van der Waals surface area contributed by atoms with Crippen molar-refractivity contribution in [3.8, 4) is 0 Å². The summed E-state index contributed by atoms with van der Waals surface area (Å²) in [6.07, 6.45) is -0.502. The summed E-state index contributed by atoms with van der Waals surface area (Å²) in [6, 6.07) is 0. The molecule has 10 heteroatoms. The number of ether oxygens (including phenoxy) is 3. The van der Waals surface area contributed by atoms with Crippen LogP contribution in [-0.4, -0.2) is 49.5 Å². The summed E-state index contributed by atoms with van der Waals surface area (Å²) in [4.78, 5) is 49.4. The van der Waals surface area contributed by atoms with Gasteiger partial charge in [-0.1, -0.05) is 20.8 Å². The number of esters is 2. The van der Waals surface area contributed by atoms with E-state index in [1.165, 1.54) is 7.11 Å². The van der Waals surface area contributed by atoms with Crippen LogP contribution in [0.25, 0.3) is 0 Å². The molecule has 0 radical (unpaired) electrons. The van der Waals surface area contributed by atoms with E-state index in [0.717, 1.165) is 25.9 Å². The summed E-state index contributed by atoms with van der Waals surface area (Å²) in [6.45, 7) is 6.35. The van der Waals surface area contributed by atoms with Crippen molar-refractivity contribution in [2.24, 2.45) is 0 Å². The van der Waals surface area contributed by atoms with Gasteiger partial charge in [0.25, 0.3) is 5.56 Å². The van der Waals surface area contributed by atoms with Crippen molar-refractivity contribution in [1.82, 2.24) is 10.1 Å². The van der Waals surface area contributed by atoms with Crippen LogP contribution in [0.3, 0.4) is 0 Å². The number of hydrogen-bond acceptors (Lipinski definition) is 8. The molecule has 1 aromatic heterocycles. The maximum atomic E-state index is 12.8. The number of carbonyl (C=O) groups is 3. The molecule has 0 atom stereocenters. The normalized spacial score (nSPS) is 11.8. The van der Waals surface area contributed by atoms with E-state index >= 15 is 0 Å². The zero-order chi connectivity index (χ0) is 21.0. The zero-order valence-corrected chi connectivity index (χ0v) is 16.6. The van der Waals surface area contributed by atoms with Crippen LogP contribution in [0.1, 0.15) is 39.0 Å². The first-order valence-corrected chi connectivity index (χ1v) is 8.12. The lowest BCUT2D eigenvalue weighted by atomic mass is 9.84. The highest BCUT2D eigenvalue weighted by Crippen LogP contribution is 2.28. The Hall–Kier alpha value is -2.62. The van der Waals surface area contributed by atoms with Gasteiger partial charge >= 0.3 is 11.9 Å². The summed E-state index contributed by atoms with van der Waals surface area (Å²) in [5.41, 5.74) is -3.43. The van der Waals surface area contributed by atoms with Gasteiger partial charge in [-0.3, -0.25) is 9.59 Å². The number of hydrogen-bond donors (Lipinski definition) is 1. The van der Waals surface area contributed by atoms with Crippen LogP contribution in [0.15, 0.2) is 9.32 Å². The SMILES string of the molecule is COCn1oc(C(C)(C)C)c(CC(NC(C)=O)(C(=O)OC)C(=O)OC)c1=O. The number of methoxy groups -OCH3 is 3. The van der Waals surface area contributed by atoms with Crippen molar-refractivity contribution in [3.63, 3.8) is 0 Å². The zero-order valence-electron chi connectivity index (χ0n) is 16.6. The quantitative estimate of drug-likeness (QED) is 0.517. The largest absolute Gasteiger partial charge is 0.467 e. The lowest BCUT2D eigenvalue weighted by Gasteiger charge is -2.29. The van der Waals surface area contributed by atoms with Crippen LogP contribution >= 0.6 is 0 Å². The number of carbonyl (C=O) groups excluding carboxylic acids is 3. The van der Waals surface area contributed by atoms with E-state index in [1.54, 1.807) is 20.8 Å². The summed E-state index contributed by atoms with van der Waals surface area (Å²) in [5.74, 6) is -2.57. The van der Waals surface area contributed by atoms with E-state index in [0.29, 0.717) is 0 Å². The van der Waals surface area contributed by atoms with Gasteiger partial charge in [-0.25, -0.2) is 9.59 Å². The second-order valence-corrected chi connectivity index (χ2v) is 7.00. The standard InChI is InChI=1S/C17H26N2O8/c1-10(20)18-17(14(22)25-6,15(23)26-7)8-11-12(16(2,3)4)27-19(9-24-5)13(11)21/h8-9H2,1-7H3,(H,18,20). The lowest BCUT2D eigenvalue weighted by molar-refractivity contribution is -0.165. The van der Waals surface area contributed by atoms with Gasteiger partial charge in [0.05, 0.1) is 19.8 Å². The van der Waals surface area contributed by atoms with Crippen molar-refractivity contribution in [3.05, 3.63) is 21.7 Å². The molecular weight excluding hydrogens is 360 g/mol. The monoisotopic (exact) mass is 386 g/mol. The smallest absolute Gasteiger partial charge is 0.343 e. The first kappa shape index (κ1) is 22.4. The third-order valence-electron chi connectivity index (χ3n) is 3.79. The third-order valence-corrected chi connectivity index (χ3v) is 3.79. The van der Waals surface area contributed by atoms with Gasteiger partial charge in [0.15, 0.2) is 6.73 Å². The highest BCUT2D eigenvalue weighted by molar-refractivity contribution is 6.08. The molecule has 152 valence electrons. The van der Waals surface area contributed by atoms with E-state index < -0.39 is 40.8 Å². The Morgan fingerprint density at radius 1 is 1.07 bits per heavy atom. The maximum Gasteiger partial charge on any atom is 0.343 e. The summed E-state index contributed by atoms with van der Waals surface area (Å²) >= 11 is 0. The van der Waals surface area contributed by atoms with Gasteiger partial charge in [-0.05, 0) is 0 Å². The molecule has 0 aliphatic rings. The number of amides is 1. The van der Waals surface area contributed by atoms with E-state index in [9.17, 15) is 19.2 Å². The predicted molar refractivity (Wildman–Crippen MR) is 93.0 cm³/mol. The fraction of sp³-hybridized carbons (Fsp3) is 0.647. The minimum Gasteiger partial charge on any atom is -0.467 e. The topological polar surface area (TPSA) is 126 Å². The molecule has 0 unspecified atom stereocenters. The van der Waals surface area contributed by atoms with E-state index in [-0.39, 0.29) is 18.1 Å². The highest BCUT2D eigenvalue weighted by Gasteiger charge is 2.51. The second kappa shape index (κ2) is 8.38. The van der Waals surface area contributed by atoms with Gasteiger partial charge in [-0.2, -0.15) is 0 Å². The van der Waals surface area contributed by atoms with Crippen molar-refractivity contribution in [1.29, 1.82) is 0 Å². The summed E-state index contributed by atoms with van der Waals surface area (Å²) in [7, 11) is 3.51. The van der Waals surface area contributed by atoms with Gasteiger partial charge in [-0.15, -0.1) is 4.74 Å². The summed E-state index contributed by atoms with van der Waals surface area (Å²) in [5, 5.41) is 2.28. The van der Waals surface area contributed by atoms with E-state index in [1.807, 2.05) is 0 Å². The van der Waals surface area contributed by atoms with Crippen molar-refractivity contribution in [2.45, 2.75) is 51.8 Å². The molecule has 0 bridgehead atoms. The van der Waals surface area contributed by atoms with Gasteiger partial charge in [0.2, 0.25) is 11.4 Å². The van der Waals surface area contributed by atoms with Crippen LogP contribution in [0.4, 0.5) is 0 Å². The fourth-order valence-electron chi connectivity index (χ4n) is 2.69. The van der Waals surface area contributed by atoms with Crippen molar-refractivity contribution >= 4 is 17.8 Å². The fourth-order valence-corrected chi connectivity index (χ4v) is 2.69. The minimum absolute atomic E-state index is 0.0316. The van der Waals surface area contributed by atoms with E-state index in [4.69, 9.17) is 18.7 Å². The number of aromatic nitrogens is 1. The second-order valence-electron chi connectivity index (χ2n) is 7.00. The summed E-state index contributed by atoms with van der Waals surface area (Å²) < 4.78 is 20.9. The minimum atomic E-state index is -2.23. The average molecular weight is 386 g/mol. The maximum absolute atomic E-state index is 12.8. The Morgan fingerprint density at radius 3 is 1.96 bits per heavy atom. The molecule has 0 fully saturated rings. The van der Waals surface area contributed by atoms with Gasteiger partial charge < -0.3 is 24.1 Å². The first-order chi connectivity index (χ1) is 12.4. The molecule has 1 N–H and O–H groups in total. The first-order valence-electron chi connectivity index (χ1n) is 8.12. The number of nitrogens with one attached hydrogen (secondary N) is 1. The Morgan fingerprint density at radius 2 is 1.59 bits per heavy atom. The Kier molecular flexibility index (Phi) is 6.96. The molecule has 0 spiro atoms. The highest BCUT2D eigenvalue weighted by atomic mass is 16.6. The van der Waals surface area contributed by atoms with Crippen LogP contribution < -0.4 is 10.9 Å². The van der Waals surface area contributed by atoms with E-state index in [2.05, 4.69) is 5.32 Å². The molecule has 1 rings (SSSR count). The van der Waals surface area contributed by atoms with Crippen molar-refractivity contribution in [2.75, 3.05) is 21.3 Å².